The van der Waals surface area contributed by atoms with Crippen molar-refractivity contribution in [3.8, 4) is 0 Å². The highest BCUT2D eigenvalue weighted by molar-refractivity contribution is 7.92. The molecule has 7 nitrogen and oxygen atoms in total. The van der Waals surface area contributed by atoms with Gasteiger partial charge in [0.2, 0.25) is 10.0 Å². The van der Waals surface area contributed by atoms with Gasteiger partial charge in [-0.2, -0.15) is 0 Å². The van der Waals surface area contributed by atoms with Crippen molar-refractivity contribution in [1.29, 1.82) is 0 Å². The van der Waals surface area contributed by atoms with Crippen LogP contribution in [0.15, 0.2) is 84.9 Å². The minimum absolute atomic E-state index is 0.0290. The van der Waals surface area contributed by atoms with Crippen molar-refractivity contribution in [1.82, 2.24) is 10.6 Å². The molecule has 3 aromatic carbocycles. The highest BCUT2D eigenvalue weighted by Gasteiger charge is 2.23. The lowest BCUT2D eigenvalue weighted by molar-refractivity contribution is 0.0830. The molecule has 3 rings (SSSR count). The number of nitrogens with one attached hydrogen (secondary N) is 2. The number of hydrogen-bond acceptors (Lipinski definition) is 5. The van der Waals surface area contributed by atoms with Gasteiger partial charge in [0.25, 0.3) is 5.91 Å². The van der Waals surface area contributed by atoms with E-state index in [0.717, 1.165) is 11.1 Å². The fourth-order valence-corrected chi connectivity index (χ4v) is 5.13. The summed E-state index contributed by atoms with van der Waals surface area (Å²) in [6, 6.07) is 25.5. The molecule has 0 saturated heterocycles. The van der Waals surface area contributed by atoms with Crippen molar-refractivity contribution < 1.29 is 18.3 Å². The third-order valence-electron chi connectivity index (χ3n) is 5.96. The first-order chi connectivity index (χ1) is 17.3. The molecule has 3 aromatic rings. The van der Waals surface area contributed by atoms with Crippen LogP contribution in [0.5, 0.6) is 0 Å². The molecule has 36 heavy (non-hydrogen) atoms. The summed E-state index contributed by atoms with van der Waals surface area (Å²) < 4.78 is 26.1. The summed E-state index contributed by atoms with van der Waals surface area (Å²) in [5, 5.41) is 17.2. The van der Waals surface area contributed by atoms with Crippen molar-refractivity contribution >= 4 is 21.6 Å². The number of sulfonamides is 1. The smallest absolute Gasteiger partial charge is 0.251 e. The van der Waals surface area contributed by atoms with E-state index in [4.69, 9.17) is 0 Å². The van der Waals surface area contributed by atoms with Gasteiger partial charge >= 0.3 is 0 Å². The highest BCUT2D eigenvalue weighted by Crippen LogP contribution is 2.19. The van der Waals surface area contributed by atoms with Crippen LogP contribution in [0.1, 0.15) is 34.8 Å². The second-order valence-corrected chi connectivity index (χ2v) is 10.9. The summed E-state index contributed by atoms with van der Waals surface area (Å²) in [7, 11) is -1.97. The fraction of sp³-hybridized carbons (Fsp3) is 0.321. The minimum Gasteiger partial charge on any atom is -0.390 e. The average molecular weight is 510 g/mol. The van der Waals surface area contributed by atoms with Crippen LogP contribution in [0, 0.1) is 0 Å². The quantitative estimate of drug-likeness (QED) is 0.328. The number of hydrogen-bond donors (Lipinski definition) is 3. The zero-order valence-electron chi connectivity index (χ0n) is 20.8. The Morgan fingerprint density at radius 2 is 1.58 bits per heavy atom. The Hall–Kier alpha value is -3.20. The molecule has 0 bridgehead atoms. The minimum atomic E-state index is -3.46. The monoisotopic (exact) mass is 509 g/mol. The molecule has 0 aromatic heterocycles. The number of anilines is 1. The van der Waals surface area contributed by atoms with E-state index in [0.29, 0.717) is 37.2 Å². The van der Waals surface area contributed by atoms with Crippen molar-refractivity contribution in [2.75, 3.05) is 23.7 Å². The van der Waals surface area contributed by atoms with Gasteiger partial charge in [0.15, 0.2) is 0 Å². The van der Waals surface area contributed by atoms with Gasteiger partial charge in [-0.25, -0.2) is 8.42 Å². The van der Waals surface area contributed by atoms with Crippen molar-refractivity contribution in [3.05, 3.63) is 102 Å². The summed E-state index contributed by atoms with van der Waals surface area (Å²) in [5.74, 6) is -0.345. The third-order valence-corrected chi connectivity index (χ3v) is 7.93. The fourth-order valence-electron chi connectivity index (χ4n) is 3.90. The summed E-state index contributed by atoms with van der Waals surface area (Å²) in [4.78, 5) is 13.2. The van der Waals surface area contributed by atoms with Crippen LogP contribution >= 0.6 is 0 Å². The summed E-state index contributed by atoms with van der Waals surface area (Å²) in [5.41, 5.74) is 2.84. The highest BCUT2D eigenvalue weighted by atomic mass is 32.2. The van der Waals surface area contributed by atoms with E-state index < -0.39 is 22.2 Å². The maximum Gasteiger partial charge on any atom is 0.251 e. The van der Waals surface area contributed by atoms with Crippen LogP contribution in [0.3, 0.4) is 0 Å². The van der Waals surface area contributed by atoms with Gasteiger partial charge in [-0.05, 0) is 42.2 Å². The molecule has 0 fully saturated rings. The molecule has 8 heteroatoms. The molecule has 1 amide bonds. The number of benzene rings is 3. The van der Waals surface area contributed by atoms with Crippen LogP contribution in [0.2, 0.25) is 0 Å². The van der Waals surface area contributed by atoms with E-state index in [2.05, 4.69) is 10.6 Å². The number of carbonyl (C=O) groups is 1. The molecule has 0 spiro atoms. The average Bonchev–Trinajstić information content (AvgIpc) is 2.89. The lowest BCUT2D eigenvalue weighted by Gasteiger charge is -2.25. The van der Waals surface area contributed by atoms with Gasteiger partial charge in [-0.3, -0.25) is 9.10 Å². The van der Waals surface area contributed by atoms with Crippen LogP contribution in [0.4, 0.5) is 5.69 Å². The molecule has 0 heterocycles. The molecule has 0 saturated carbocycles. The van der Waals surface area contributed by atoms with Gasteiger partial charge in [0.1, 0.15) is 0 Å². The van der Waals surface area contributed by atoms with Crippen LogP contribution in [-0.4, -0.2) is 50.9 Å². The van der Waals surface area contributed by atoms with Gasteiger partial charge in [-0.15, -0.1) is 0 Å². The van der Waals surface area contributed by atoms with Crippen LogP contribution < -0.4 is 14.9 Å². The first-order valence-corrected chi connectivity index (χ1v) is 13.7. The van der Waals surface area contributed by atoms with Crippen molar-refractivity contribution in [2.24, 2.45) is 0 Å². The summed E-state index contributed by atoms with van der Waals surface area (Å²) in [6.45, 7) is 2.71. The molecule has 0 radical (unpaired) electrons. The largest absolute Gasteiger partial charge is 0.390 e. The number of aliphatic hydroxyl groups excluding tert-OH is 1. The van der Waals surface area contributed by atoms with Gasteiger partial charge < -0.3 is 15.7 Å². The standard InChI is InChI=1S/C28H35N3O4S/c1-3-17-36(34,35)31(2)25-16-10-15-24(19-25)28(33)30-26(18-22-11-6-4-7-12-22)27(32)21-29-20-23-13-8-5-9-14-23/h4-16,19,26-27,29,32H,3,17-18,20-21H2,1-2H3,(H,30,33)/t26-,27-/m0/s1. The van der Waals surface area contributed by atoms with E-state index in [9.17, 15) is 18.3 Å². The molecule has 3 N–H and O–H groups in total. The van der Waals surface area contributed by atoms with Crippen molar-refractivity contribution in [3.63, 3.8) is 0 Å². The lowest BCUT2D eigenvalue weighted by atomic mass is 10.00. The number of amides is 1. The van der Waals surface area contributed by atoms with Crippen molar-refractivity contribution in [2.45, 2.75) is 38.5 Å². The van der Waals surface area contributed by atoms with E-state index in [1.54, 1.807) is 24.3 Å². The Balaban J connectivity index is 1.72. The second kappa shape index (κ2) is 13.2. The van der Waals surface area contributed by atoms with E-state index in [1.165, 1.54) is 11.4 Å². The lowest BCUT2D eigenvalue weighted by Crippen LogP contribution is -2.48. The first-order valence-electron chi connectivity index (χ1n) is 12.1. The van der Waals surface area contributed by atoms with Gasteiger partial charge in [-0.1, -0.05) is 73.7 Å². The third kappa shape index (κ3) is 7.91. The Kier molecular flexibility index (Phi) is 10.0. The summed E-state index contributed by atoms with van der Waals surface area (Å²) >= 11 is 0. The topological polar surface area (TPSA) is 98.7 Å². The molecular formula is C28H35N3O4S. The zero-order valence-corrected chi connectivity index (χ0v) is 21.6. The molecule has 0 aliphatic heterocycles. The molecule has 192 valence electrons. The number of carbonyl (C=O) groups excluding carboxylic acids is 1. The molecule has 2 atom stereocenters. The van der Waals surface area contributed by atoms with E-state index >= 15 is 0 Å². The molecule has 0 aliphatic rings. The van der Waals surface area contributed by atoms with E-state index in [-0.39, 0.29) is 11.7 Å². The molecule has 0 aliphatic carbocycles. The molecular weight excluding hydrogens is 474 g/mol. The van der Waals surface area contributed by atoms with E-state index in [1.807, 2.05) is 67.6 Å². The maximum absolute atomic E-state index is 13.2. The van der Waals surface area contributed by atoms with Gasteiger partial charge in [0, 0.05) is 25.7 Å². The second-order valence-electron chi connectivity index (χ2n) is 8.79. The Bertz CT molecular complexity index is 1200. The SMILES string of the molecule is CCCS(=O)(=O)N(C)c1cccc(C(=O)N[C@@H](Cc2ccccc2)[C@@H](O)CNCc2ccccc2)c1. The Morgan fingerprint density at radius 1 is 0.944 bits per heavy atom. The Morgan fingerprint density at radius 3 is 2.22 bits per heavy atom. The predicted molar refractivity (Wildman–Crippen MR) is 144 cm³/mol. The van der Waals surface area contributed by atoms with Crippen LogP contribution in [0.25, 0.3) is 0 Å². The first kappa shape index (κ1) is 27.4. The predicted octanol–water partition coefficient (Wildman–Crippen LogP) is 3.35. The van der Waals surface area contributed by atoms with Crippen LogP contribution in [-0.2, 0) is 23.0 Å². The normalized spacial score (nSPS) is 13.1. The number of nitrogens with zero attached hydrogens (tertiary/aromatic N) is 1. The number of aliphatic hydroxyl groups is 1. The molecule has 0 unspecified atom stereocenters. The zero-order chi connectivity index (χ0) is 26.0. The maximum atomic E-state index is 13.2. The number of rotatable bonds is 13. The summed E-state index contributed by atoms with van der Waals surface area (Å²) in [6.07, 6.45) is 0.115. The Labute approximate surface area is 214 Å². The van der Waals surface area contributed by atoms with Gasteiger partial charge in [0.05, 0.1) is 23.6 Å².